The molecule has 0 N–H and O–H groups in total. The summed E-state index contributed by atoms with van der Waals surface area (Å²) >= 11 is 1.95. The molecule has 56 valence electrons. The summed E-state index contributed by atoms with van der Waals surface area (Å²) in [6, 6.07) is 2.10. The Balaban J connectivity index is 2.43. The third kappa shape index (κ3) is 3.18. The van der Waals surface area contributed by atoms with Gasteiger partial charge >= 0.3 is 6.01 Å². The zero-order valence-electron chi connectivity index (χ0n) is 5.62. The third-order valence-electron chi connectivity index (χ3n) is 0.882. The normalized spacial score (nSPS) is 8.09. The minimum atomic E-state index is 0.340. The quantitative estimate of drug-likeness (QED) is 0.593. The zero-order valence-corrected chi connectivity index (χ0v) is 7.78. The first kappa shape index (κ1) is 8.27. The van der Waals surface area contributed by atoms with Gasteiger partial charge < -0.3 is 4.74 Å². The van der Waals surface area contributed by atoms with Crippen LogP contribution in [0.25, 0.3) is 0 Å². The smallest absolute Gasteiger partial charge is 0.317 e. The lowest BCUT2D eigenvalue weighted by atomic mass is 10.7. The van der Waals surface area contributed by atoms with Crippen molar-refractivity contribution in [1.82, 2.24) is 9.97 Å². The lowest BCUT2D eigenvalue weighted by Gasteiger charge is -1.95. The van der Waals surface area contributed by atoms with Crippen LogP contribution in [0.15, 0.2) is 18.5 Å². The minimum absolute atomic E-state index is 0.340. The summed E-state index contributed by atoms with van der Waals surface area (Å²) in [6.45, 7) is 0.340. The molecular formula is C7H5IN2O. The first-order valence-electron chi connectivity index (χ1n) is 2.92. The Hall–Kier alpha value is -0.830. The van der Waals surface area contributed by atoms with Gasteiger partial charge in [-0.25, -0.2) is 9.97 Å². The SMILES string of the molecule is IC#CCOc1ncccn1. The van der Waals surface area contributed by atoms with Crippen molar-refractivity contribution in [2.24, 2.45) is 0 Å². The van der Waals surface area contributed by atoms with E-state index in [0.717, 1.165) is 0 Å². The van der Waals surface area contributed by atoms with Crippen LogP contribution in [0.5, 0.6) is 6.01 Å². The maximum absolute atomic E-state index is 5.05. The van der Waals surface area contributed by atoms with Gasteiger partial charge in [-0.15, -0.1) is 0 Å². The molecule has 1 aromatic rings. The van der Waals surface area contributed by atoms with Crippen molar-refractivity contribution in [2.45, 2.75) is 0 Å². The largest absolute Gasteiger partial charge is 0.450 e. The van der Waals surface area contributed by atoms with Crippen LogP contribution in [0.2, 0.25) is 0 Å². The molecule has 1 rings (SSSR count). The van der Waals surface area contributed by atoms with Gasteiger partial charge in [0.1, 0.15) is 0 Å². The molecule has 0 aliphatic carbocycles. The summed E-state index contributed by atoms with van der Waals surface area (Å²) in [6.07, 6.45) is 3.25. The number of hydrogen-bond donors (Lipinski definition) is 0. The molecule has 0 radical (unpaired) electrons. The Labute approximate surface area is 78.3 Å². The highest BCUT2D eigenvalue weighted by molar-refractivity contribution is 14.1. The highest BCUT2D eigenvalue weighted by atomic mass is 127. The van der Waals surface area contributed by atoms with E-state index in [9.17, 15) is 0 Å². The summed E-state index contributed by atoms with van der Waals surface area (Å²) in [5.41, 5.74) is 0. The molecule has 0 saturated carbocycles. The van der Waals surface area contributed by atoms with E-state index in [4.69, 9.17) is 4.74 Å². The van der Waals surface area contributed by atoms with Gasteiger partial charge in [0.25, 0.3) is 0 Å². The van der Waals surface area contributed by atoms with E-state index in [1.54, 1.807) is 18.5 Å². The maximum atomic E-state index is 5.05. The van der Waals surface area contributed by atoms with E-state index in [0.29, 0.717) is 12.6 Å². The topological polar surface area (TPSA) is 35.0 Å². The van der Waals surface area contributed by atoms with Crippen LogP contribution in [0.4, 0.5) is 0 Å². The molecule has 1 aromatic heterocycles. The fourth-order valence-corrected chi connectivity index (χ4v) is 0.644. The van der Waals surface area contributed by atoms with Crippen LogP contribution >= 0.6 is 22.6 Å². The van der Waals surface area contributed by atoms with E-state index in [2.05, 4.69) is 19.8 Å². The molecule has 0 saturated heterocycles. The Bertz CT molecular complexity index is 265. The summed E-state index contributed by atoms with van der Waals surface area (Å²) < 4.78 is 7.72. The molecular weight excluding hydrogens is 255 g/mol. The van der Waals surface area contributed by atoms with Crippen molar-refractivity contribution < 1.29 is 4.74 Å². The van der Waals surface area contributed by atoms with Gasteiger partial charge in [0.2, 0.25) is 0 Å². The summed E-state index contributed by atoms with van der Waals surface area (Å²) in [5.74, 6) is 2.73. The average Bonchev–Trinajstić information content (AvgIpc) is 2.07. The number of aromatic nitrogens is 2. The third-order valence-corrected chi connectivity index (χ3v) is 1.26. The zero-order chi connectivity index (χ0) is 7.94. The molecule has 11 heavy (non-hydrogen) atoms. The van der Waals surface area contributed by atoms with E-state index < -0.39 is 0 Å². The molecule has 0 atom stereocenters. The van der Waals surface area contributed by atoms with E-state index >= 15 is 0 Å². The first-order chi connectivity index (χ1) is 5.43. The van der Waals surface area contributed by atoms with Gasteiger partial charge in [-0.3, -0.25) is 0 Å². The van der Waals surface area contributed by atoms with Crippen molar-refractivity contribution in [3.63, 3.8) is 0 Å². The van der Waals surface area contributed by atoms with Gasteiger partial charge in [0, 0.05) is 35.0 Å². The number of ether oxygens (including phenoxy) is 1. The Morgan fingerprint density at radius 2 is 2.18 bits per heavy atom. The molecule has 3 nitrogen and oxygen atoms in total. The molecule has 0 bridgehead atoms. The van der Waals surface area contributed by atoms with Crippen LogP contribution in [0, 0.1) is 9.85 Å². The second kappa shape index (κ2) is 4.91. The maximum Gasteiger partial charge on any atom is 0.317 e. The van der Waals surface area contributed by atoms with Crippen LogP contribution in [-0.4, -0.2) is 16.6 Å². The monoisotopic (exact) mass is 260 g/mol. The van der Waals surface area contributed by atoms with Crippen LogP contribution < -0.4 is 4.74 Å². The molecule has 0 fully saturated rings. The second-order valence-corrected chi connectivity index (χ2v) is 2.13. The lowest BCUT2D eigenvalue weighted by Crippen LogP contribution is -1.97. The minimum Gasteiger partial charge on any atom is -0.450 e. The van der Waals surface area contributed by atoms with Crippen LogP contribution in [0.3, 0.4) is 0 Å². The summed E-state index contributed by atoms with van der Waals surface area (Å²) in [5, 5.41) is 0. The molecule has 0 spiro atoms. The molecule has 0 aromatic carbocycles. The number of halogens is 1. The first-order valence-corrected chi connectivity index (χ1v) is 3.99. The molecule has 0 aliphatic heterocycles. The molecule has 0 aliphatic rings. The molecule has 0 unspecified atom stereocenters. The van der Waals surface area contributed by atoms with Gasteiger partial charge in [-0.2, -0.15) is 0 Å². The van der Waals surface area contributed by atoms with E-state index in [1.165, 1.54) is 0 Å². The Morgan fingerprint density at radius 1 is 1.45 bits per heavy atom. The van der Waals surface area contributed by atoms with Crippen molar-refractivity contribution in [2.75, 3.05) is 6.61 Å². The predicted molar refractivity (Wildman–Crippen MR) is 49.3 cm³/mol. The second-order valence-electron chi connectivity index (χ2n) is 1.59. The Kier molecular flexibility index (Phi) is 3.69. The van der Waals surface area contributed by atoms with E-state index in [1.807, 2.05) is 22.6 Å². The highest BCUT2D eigenvalue weighted by Crippen LogP contribution is 1.95. The van der Waals surface area contributed by atoms with Crippen LogP contribution in [0.1, 0.15) is 0 Å². The van der Waals surface area contributed by atoms with Gasteiger partial charge in [0.05, 0.1) is 0 Å². The van der Waals surface area contributed by atoms with E-state index in [-0.39, 0.29) is 0 Å². The molecule has 4 heteroatoms. The fourth-order valence-electron chi connectivity index (χ4n) is 0.488. The van der Waals surface area contributed by atoms with Gasteiger partial charge in [-0.05, 0) is 9.99 Å². The van der Waals surface area contributed by atoms with Gasteiger partial charge in [-0.1, -0.05) is 5.92 Å². The Morgan fingerprint density at radius 3 is 2.82 bits per heavy atom. The van der Waals surface area contributed by atoms with Crippen molar-refractivity contribution in [1.29, 1.82) is 0 Å². The highest BCUT2D eigenvalue weighted by Gasteiger charge is 1.89. The number of hydrogen-bond acceptors (Lipinski definition) is 3. The summed E-state index contributed by atoms with van der Waals surface area (Å²) in [4.78, 5) is 7.69. The van der Waals surface area contributed by atoms with Crippen LogP contribution in [-0.2, 0) is 0 Å². The summed E-state index contributed by atoms with van der Waals surface area (Å²) in [7, 11) is 0. The van der Waals surface area contributed by atoms with Crippen molar-refractivity contribution in [3.8, 4) is 15.9 Å². The lowest BCUT2D eigenvalue weighted by molar-refractivity contribution is 0.339. The fraction of sp³-hybridized carbons (Fsp3) is 0.143. The number of nitrogens with zero attached hydrogens (tertiary/aromatic N) is 2. The molecule has 0 amide bonds. The standard InChI is InChI=1S/C7H5IN2O/c8-3-1-6-11-7-9-4-2-5-10-7/h2,4-5H,6H2. The molecule has 1 heterocycles. The number of rotatable bonds is 2. The van der Waals surface area contributed by atoms with Crippen molar-refractivity contribution in [3.05, 3.63) is 18.5 Å². The van der Waals surface area contributed by atoms with Gasteiger partial charge in [0.15, 0.2) is 6.61 Å². The van der Waals surface area contributed by atoms with Crippen molar-refractivity contribution >= 4 is 22.6 Å². The average molecular weight is 260 g/mol. The predicted octanol–water partition coefficient (Wildman–Crippen LogP) is 1.25.